The number of halogens is 2. The van der Waals surface area contributed by atoms with Gasteiger partial charge in [0.05, 0.1) is 0 Å². The zero-order valence-corrected chi connectivity index (χ0v) is 11.3. The number of aryl methyl sites for hydroxylation is 1. The van der Waals surface area contributed by atoms with Crippen molar-refractivity contribution >= 4 is 11.6 Å². The summed E-state index contributed by atoms with van der Waals surface area (Å²) in [4.78, 5) is 0. The monoisotopic (exact) mass is 275 g/mol. The number of nitrogens with one attached hydrogen (secondary N) is 1. The fourth-order valence-corrected chi connectivity index (χ4v) is 2.90. The molecule has 0 heterocycles. The second-order valence-corrected chi connectivity index (χ2v) is 5.38. The van der Waals surface area contributed by atoms with E-state index in [4.69, 9.17) is 11.6 Å². The van der Waals surface area contributed by atoms with Crippen LogP contribution in [-0.2, 0) is 13.0 Å². The van der Waals surface area contributed by atoms with Crippen LogP contribution in [0.2, 0.25) is 5.02 Å². The minimum absolute atomic E-state index is 0.144. The first-order valence-corrected chi connectivity index (χ1v) is 6.86. The van der Waals surface area contributed by atoms with Crippen molar-refractivity contribution in [1.82, 2.24) is 5.32 Å². The molecule has 1 aliphatic rings. The van der Waals surface area contributed by atoms with E-state index in [0.29, 0.717) is 6.04 Å². The summed E-state index contributed by atoms with van der Waals surface area (Å²) in [5, 5.41) is 4.28. The molecule has 1 unspecified atom stereocenters. The Morgan fingerprint density at radius 1 is 1.21 bits per heavy atom. The second-order valence-electron chi connectivity index (χ2n) is 4.95. The van der Waals surface area contributed by atoms with Crippen LogP contribution in [0, 0.1) is 5.82 Å². The van der Waals surface area contributed by atoms with E-state index in [-0.39, 0.29) is 5.82 Å². The molecule has 2 aromatic rings. The topological polar surface area (TPSA) is 12.0 Å². The Kier molecular flexibility index (Phi) is 3.54. The number of hydrogen-bond donors (Lipinski definition) is 1. The van der Waals surface area contributed by atoms with Gasteiger partial charge in [-0.15, -0.1) is 0 Å². The summed E-state index contributed by atoms with van der Waals surface area (Å²) in [5.74, 6) is -0.144. The van der Waals surface area contributed by atoms with E-state index in [0.717, 1.165) is 30.0 Å². The maximum absolute atomic E-state index is 13.1. The van der Waals surface area contributed by atoms with Gasteiger partial charge in [0.1, 0.15) is 5.82 Å². The van der Waals surface area contributed by atoms with Crippen LogP contribution in [0.25, 0.3) is 0 Å². The van der Waals surface area contributed by atoms with Crippen molar-refractivity contribution in [3.63, 3.8) is 0 Å². The maximum atomic E-state index is 13.1. The zero-order valence-electron chi connectivity index (χ0n) is 10.5. The predicted molar refractivity (Wildman–Crippen MR) is 75.8 cm³/mol. The number of fused-ring (bicyclic) bond motifs is 1. The van der Waals surface area contributed by atoms with E-state index in [9.17, 15) is 4.39 Å². The molecule has 0 saturated heterocycles. The molecule has 0 saturated carbocycles. The van der Waals surface area contributed by atoms with Crippen LogP contribution in [0.5, 0.6) is 0 Å². The van der Waals surface area contributed by atoms with Crippen molar-refractivity contribution in [2.45, 2.75) is 25.4 Å². The fraction of sp³-hybridized carbons (Fsp3) is 0.250. The van der Waals surface area contributed by atoms with E-state index in [2.05, 4.69) is 11.4 Å². The predicted octanol–water partition coefficient (Wildman–Crippen LogP) is 4.26. The highest BCUT2D eigenvalue weighted by Crippen LogP contribution is 2.31. The maximum Gasteiger partial charge on any atom is 0.123 e. The first kappa shape index (κ1) is 12.6. The summed E-state index contributed by atoms with van der Waals surface area (Å²) in [6.07, 6.45) is 1.97. The Hall–Kier alpha value is -1.38. The van der Waals surface area contributed by atoms with Crippen molar-refractivity contribution in [1.29, 1.82) is 0 Å². The molecule has 0 fully saturated rings. The number of rotatable bonds is 3. The third-order valence-electron chi connectivity index (χ3n) is 3.62. The average Bonchev–Trinajstić information content (AvgIpc) is 2.78. The second kappa shape index (κ2) is 5.32. The van der Waals surface area contributed by atoms with Gasteiger partial charge in [-0.3, -0.25) is 0 Å². The first-order valence-electron chi connectivity index (χ1n) is 6.48. The van der Waals surface area contributed by atoms with Crippen LogP contribution >= 0.6 is 11.6 Å². The SMILES string of the molecule is Fc1ccc2c(c1)CCC2NCc1cccc(Cl)c1. The van der Waals surface area contributed by atoms with Gasteiger partial charge in [0.25, 0.3) is 0 Å². The summed E-state index contributed by atoms with van der Waals surface area (Å²) in [6, 6.07) is 13.3. The van der Waals surface area contributed by atoms with Gasteiger partial charge >= 0.3 is 0 Å². The Morgan fingerprint density at radius 3 is 2.95 bits per heavy atom. The molecule has 0 spiro atoms. The molecular weight excluding hydrogens is 261 g/mol. The molecule has 0 radical (unpaired) electrons. The van der Waals surface area contributed by atoms with Gasteiger partial charge in [-0.2, -0.15) is 0 Å². The van der Waals surface area contributed by atoms with E-state index in [1.165, 1.54) is 17.2 Å². The highest BCUT2D eigenvalue weighted by Gasteiger charge is 2.22. The molecule has 19 heavy (non-hydrogen) atoms. The van der Waals surface area contributed by atoms with E-state index < -0.39 is 0 Å². The smallest absolute Gasteiger partial charge is 0.123 e. The Morgan fingerprint density at radius 2 is 2.11 bits per heavy atom. The van der Waals surface area contributed by atoms with E-state index in [1.54, 1.807) is 6.07 Å². The van der Waals surface area contributed by atoms with Crippen molar-refractivity contribution in [2.75, 3.05) is 0 Å². The van der Waals surface area contributed by atoms with Gasteiger partial charge in [0.15, 0.2) is 0 Å². The minimum Gasteiger partial charge on any atom is -0.306 e. The van der Waals surface area contributed by atoms with Gasteiger partial charge in [-0.1, -0.05) is 29.8 Å². The molecule has 3 rings (SSSR count). The lowest BCUT2D eigenvalue weighted by Gasteiger charge is -2.14. The molecule has 1 N–H and O–H groups in total. The molecule has 0 amide bonds. The molecule has 2 aromatic carbocycles. The summed E-state index contributed by atoms with van der Waals surface area (Å²) in [7, 11) is 0. The summed E-state index contributed by atoms with van der Waals surface area (Å²) in [5.41, 5.74) is 3.52. The van der Waals surface area contributed by atoms with E-state index in [1.807, 2.05) is 24.3 Å². The van der Waals surface area contributed by atoms with Crippen LogP contribution in [0.15, 0.2) is 42.5 Å². The quantitative estimate of drug-likeness (QED) is 0.883. The molecule has 0 aliphatic heterocycles. The van der Waals surface area contributed by atoms with Gasteiger partial charge in [-0.05, 0) is 53.8 Å². The third kappa shape index (κ3) is 2.80. The zero-order chi connectivity index (χ0) is 13.2. The number of hydrogen-bond acceptors (Lipinski definition) is 1. The molecule has 98 valence electrons. The van der Waals surface area contributed by atoms with Crippen LogP contribution in [0.3, 0.4) is 0 Å². The molecule has 1 atom stereocenters. The molecular formula is C16H15ClFN. The van der Waals surface area contributed by atoms with Gasteiger partial charge in [0, 0.05) is 17.6 Å². The lowest BCUT2D eigenvalue weighted by Crippen LogP contribution is -2.18. The van der Waals surface area contributed by atoms with Crippen LogP contribution in [-0.4, -0.2) is 0 Å². The van der Waals surface area contributed by atoms with Crippen LogP contribution in [0.4, 0.5) is 4.39 Å². The average molecular weight is 276 g/mol. The van der Waals surface area contributed by atoms with Crippen molar-refractivity contribution in [3.8, 4) is 0 Å². The number of benzene rings is 2. The van der Waals surface area contributed by atoms with Crippen molar-refractivity contribution in [3.05, 3.63) is 70.0 Å². The molecule has 1 aliphatic carbocycles. The molecule has 0 bridgehead atoms. The van der Waals surface area contributed by atoms with Gasteiger partial charge < -0.3 is 5.32 Å². The summed E-state index contributed by atoms with van der Waals surface area (Å²) in [6.45, 7) is 0.780. The van der Waals surface area contributed by atoms with Crippen LogP contribution < -0.4 is 5.32 Å². The molecule has 3 heteroatoms. The van der Waals surface area contributed by atoms with E-state index >= 15 is 0 Å². The lowest BCUT2D eigenvalue weighted by molar-refractivity contribution is 0.530. The normalized spacial score (nSPS) is 17.5. The van der Waals surface area contributed by atoms with Crippen molar-refractivity contribution in [2.24, 2.45) is 0 Å². The fourth-order valence-electron chi connectivity index (χ4n) is 2.69. The van der Waals surface area contributed by atoms with Crippen molar-refractivity contribution < 1.29 is 4.39 Å². The minimum atomic E-state index is -0.144. The highest BCUT2D eigenvalue weighted by atomic mass is 35.5. The Labute approximate surface area is 117 Å². The summed E-state index contributed by atoms with van der Waals surface area (Å²) >= 11 is 5.97. The Bertz CT molecular complexity index is 597. The molecule has 1 nitrogen and oxygen atoms in total. The van der Waals surface area contributed by atoms with Crippen LogP contribution in [0.1, 0.15) is 29.2 Å². The molecule has 0 aromatic heterocycles. The third-order valence-corrected chi connectivity index (χ3v) is 3.86. The standard InChI is InChI=1S/C16H15ClFN/c17-13-3-1-2-11(8-13)10-19-16-7-4-12-9-14(18)5-6-15(12)16/h1-3,5-6,8-9,16,19H,4,7,10H2. The van der Waals surface area contributed by atoms with Gasteiger partial charge in [-0.25, -0.2) is 4.39 Å². The lowest BCUT2D eigenvalue weighted by atomic mass is 10.1. The Balaban J connectivity index is 1.70. The first-order chi connectivity index (χ1) is 9.22. The summed E-state index contributed by atoms with van der Waals surface area (Å²) < 4.78 is 13.1. The van der Waals surface area contributed by atoms with Gasteiger partial charge in [0.2, 0.25) is 0 Å². The highest BCUT2D eigenvalue weighted by molar-refractivity contribution is 6.30. The largest absolute Gasteiger partial charge is 0.306 e.